The molecular formula is C13H11BrF2N2O2S. The van der Waals surface area contributed by atoms with E-state index in [1.165, 1.54) is 25.1 Å². The van der Waals surface area contributed by atoms with Crippen LogP contribution in [0, 0.1) is 18.6 Å². The lowest BCUT2D eigenvalue weighted by atomic mass is 10.2. The smallest absolute Gasteiger partial charge is 0.262 e. The standard InChI is InChI=1S/C13H11BrF2N2O2S/c1-7-12(16)5-9(6-13(7)17)21(19,20)18-8-2-3-11(15)10(14)4-8/h2-6,18H,17H2,1H3. The van der Waals surface area contributed by atoms with Crippen LogP contribution in [0.4, 0.5) is 20.2 Å². The Bertz CT molecular complexity index is 787. The summed E-state index contributed by atoms with van der Waals surface area (Å²) in [6.45, 7) is 1.45. The Morgan fingerprint density at radius 1 is 1.14 bits per heavy atom. The molecule has 0 aliphatic carbocycles. The lowest BCUT2D eigenvalue weighted by Crippen LogP contribution is -2.14. The van der Waals surface area contributed by atoms with Crippen LogP contribution in [0.2, 0.25) is 0 Å². The number of anilines is 2. The molecule has 0 saturated heterocycles. The number of benzene rings is 2. The molecule has 112 valence electrons. The molecule has 0 saturated carbocycles. The molecule has 4 nitrogen and oxygen atoms in total. The molecule has 0 bridgehead atoms. The molecule has 0 fully saturated rings. The molecule has 0 amide bonds. The van der Waals surface area contributed by atoms with Gasteiger partial charge < -0.3 is 5.73 Å². The van der Waals surface area contributed by atoms with Crippen LogP contribution in [0.1, 0.15) is 5.56 Å². The van der Waals surface area contributed by atoms with Gasteiger partial charge in [-0.2, -0.15) is 0 Å². The normalized spacial score (nSPS) is 11.4. The highest BCUT2D eigenvalue weighted by Gasteiger charge is 2.18. The van der Waals surface area contributed by atoms with Crippen LogP contribution >= 0.6 is 15.9 Å². The summed E-state index contributed by atoms with van der Waals surface area (Å²) in [5.74, 6) is -1.24. The van der Waals surface area contributed by atoms with Crippen LogP contribution in [-0.4, -0.2) is 8.42 Å². The number of nitrogens with one attached hydrogen (secondary N) is 1. The van der Waals surface area contributed by atoms with Crippen LogP contribution in [0.15, 0.2) is 39.7 Å². The number of nitrogens with two attached hydrogens (primary N) is 1. The van der Waals surface area contributed by atoms with E-state index in [1.54, 1.807) is 0 Å². The molecule has 21 heavy (non-hydrogen) atoms. The highest BCUT2D eigenvalue weighted by Crippen LogP contribution is 2.25. The van der Waals surface area contributed by atoms with Gasteiger partial charge in [0.1, 0.15) is 11.6 Å². The van der Waals surface area contributed by atoms with Crippen molar-refractivity contribution in [2.45, 2.75) is 11.8 Å². The van der Waals surface area contributed by atoms with E-state index in [2.05, 4.69) is 20.7 Å². The van der Waals surface area contributed by atoms with Gasteiger partial charge in [0.2, 0.25) is 0 Å². The zero-order valence-electron chi connectivity index (χ0n) is 10.8. The number of rotatable bonds is 3. The highest BCUT2D eigenvalue weighted by atomic mass is 79.9. The number of hydrogen-bond donors (Lipinski definition) is 2. The van der Waals surface area contributed by atoms with Gasteiger partial charge in [0.05, 0.1) is 15.1 Å². The first-order valence-electron chi connectivity index (χ1n) is 5.74. The Morgan fingerprint density at radius 3 is 2.38 bits per heavy atom. The van der Waals surface area contributed by atoms with E-state index in [4.69, 9.17) is 5.73 Å². The third kappa shape index (κ3) is 3.33. The molecule has 0 radical (unpaired) electrons. The fourth-order valence-electron chi connectivity index (χ4n) is 1.60. The molecular weight excluding hydrogens is 366 g/mol. The van der Waals surface area contributed by atoms with Gasteiger partial charge in [-0.1, -0.05) is 0 Å². The van der Waals surface area contributed by atoms with Crippen molar-refractivity contribution in [3.63, 3.8) is 0 Å². The fraction of sp³-hybridized carbons (Fsp3) is 0.0769. The largest absolute Gasteiger partial charge is 0.398 e. The maximum atomic E-state index is 13.6. The molecule has 0 unspecified atom stereocenters. The second-order valence-corrected chi connectivity index (χ2v) is 6.89. The van der Waals surface area contributed by atoms with E-state index in [-0.39, 0.29) is 26.3 Å². The van der Waals surface area contributed by atoms with E-state index < -0.39 is 21.7 Å². The first kappa shape index (κ1) is 15.7. The monoisotopic (exact) mass is 376 g/mol. The third-order valence-electron chi connectivity index (χ3n) is 2.84. The molecule has 3 N–H and O–H groups in total. The first-order chi connectivity index (χ1) is 9.70. The second kappa shape index (κ2) is 5.61. The lowest BCUT2D eigenvalue weighted by Gasteiger charge is -2.11. The summed E-state index contributed by atoms with van der Waals surface area (Å²) in [4.78, 5) is -0.302. The number of halogens is 3. The molecule has 0 aliphatic rings. The fourth-order valence-corrected chi connectivity index (χ4v) is 3.08. The molecule has 2 aromatic carbocycles. The minimum absolute atomic E-state index is 0.0376. The predicted octanol–water partition coefficient (Wildman–Crippen LogP) is 3.42. The van der Waals surface area contributed by atoms with Crippen LogP contribution in [0.5, 0.6) is 0 Å². The quantitative estimate of drug-likeness (QED) is 0.806. The predicted molar refractivity (Wildman–Crippen MR) is 80.5 cm³/mol. The van der Waals surface area contributed by atoms with Gasteiger partial charge in [0.15, 0.2) is 0 Å². The molecule has 8 heteroatoms. The van der Waals surface area contributed by atoms with E-state index in [0.29, 0.717) is 0 Å². The third-order valence-corrected chi connectivity index (χ3v) is 4.81. The van der Waals surface area contributed by atoms with Crippen molar-refractivity contribution in [1.82, 2.24) is 0 Å². The molecule has 0 aliphatic heterocycles. The van der Waals surface area contributed by atoms with Gasteiger partial charge >= 0.3 is 0 Å². The van der Waals surface area contributed by atoms with Gasteiger partial charge in [0, 0.05) is 11.3 Å². The minimum atomic E-state index is -4.02. The molecule has 0 heterocycles. The summed E-state index contributed by atoms with van der Waals surface area (Å²) in [5, 5.41) is 0. The van der Waals surface area contributed by atoms with Crippen LogP contribution < -0.4 is 10.5 Å². The van der Waals surface area contributed by atoms with Crippen molar-refractivity contribution >= 4 is 37.3 Å². The van der Waals surface area contributed by atoms with Gasteiger partial charge in [-0.3, -0.25) is 4.72 Å². The van der Waals surface area contributed by atoms with Crippen molar-refractivity contribution < 1.29 is 17.2 Å². The number of hydrogen-bond acceptors (Lipinski definition) is 3. The Hall–Kier alpha value is -1.67. The van der Waals surface area contributed by atoms with Crippen LogP contribution in [-0.2, 0) is 10.0 Å². The van der Waals surface area contributed by atoms with Crippen molar-refractivity contribution in [3.8, 4) is 0 Å². The summed E-state index contributed by atoms with van der Waals surface area (Å²) in [7, 11) is -4.02. The van der Waals surface area contributed by atoms with E-state index in [0.717, 1.165) is 12.1 Å². The first-order valence-corrected chi connectivity index (χ1v) is 8.02. The Labute approximate surface area is 129 Å². The number of sulfonamides is 1. The summed E-state index contributed by atoms with van der Waals surface area (Å²) < 4.78 is 53.4. The summed E-state index contributed by atoms with van der Waals surface area (Å²) in [5.41, 5.74) is 5.92. The lowest BCUT2D eigenvalue weighted by molar-refractivity contribution is 0.593. The van der Waals surface area contributed by atoms with Gasteiger partial charge in [-0.05, 0) is 53.2 Å². The Balaban J connectivity index is 2.40. The zero-order valence-corrected chi connectivity index (χ0v) is 13.2. The molecule has 2 aromatic rings. The summed E-state index contributed by atoms with van der Waals surface area (Å²) in [6, 6.07) is 5.67. The molecule has 0 spiro atoms. The van der Waals surface area contributed by atoms with Crippen LogP contribution in [0.25, 0.3) is 0 Å². The van der Waals surface area contributed by atoms with Crippen molar-refractivity contribution in [2.75, 3.05) is 10.5 Å². The van der Waals surface area contributed by atoms with E-state index in [1.807, 2.05) is 0 Å². The van der Waals surface area contributed by atoms with Crippen molar-refractivity contribution in [2.24, 2.45) is 0 Å². The maximum Gasteiger partial charge on any atom is 0.262 e. The zero-order chi connectivity index (χ0) is 15.8. The SMILES string of the molecule is Cc1c(N)cc(S(=O)(=O)Nc2ccc(F)c(Br)c2)cc1F. The second-order valence-electron chi connectivity index (χ2n) is 4.35. The average molecular weight is 377 g/mol. The van der Waals surface area contributed by atoms with Crippen molar-refractivity contribution in [3.05, 3.63) is 52.0 Å². The highest BCUT2D eigenvalue weighted by molar-refractivity contribution is 9.10. The molecule has 2 rings (SSSR count). The summed E-state index contributed by atoms with van der Waals surface area (Å²) in [6.07, 6.45) is 0. The molecule has 0 aromatic heterocycles. The topological polar surface area (TPSA) is 72.2 Å². The van der Waals surface area contributed by atoms with Gasteiger partial charge in [-0.25, -0.2) is 17.2 Å². The molecule has 0 atom stereocenters. The summed E-state index contributed by atoms with van der Waals surface area (Å²) >= 11 is 2.95. The number of nitrogen functional groups attached to an aromatic ring is 1. The minimum Gasteiger partial charge on any atom is -0.398 e. The average Bonchev–Trinajstić information content (AvgIpc) is 2.39. The maximum absolute atomic E-state index is 13.6. The van der Waals surface area contributed by atoms with E-state index in [9.17, 15) is 17.2 Å². The Morgan fingerprint density at radius 2 is 1.81 bits per heavy atom. The van der Waals surface area contributed by atoms with E-state index >= 15 is 0 Å². The van der Waals surface area contributed by atoms with Crippen molar-refractivity contribution in [1.29, 1.82) is 0 Å². The van der Waals surface area contributed by atoms with Gasteiger partial charge in [0.25, 0.3) is 10.0 Å². The Kier molecular flexibility index (Phi) is 4.20. The van der Waals surface area contributed by atoms with Gasteiger partial charge in [-0.15, -0.1) is 0 Å². The van der Waals surface area contributed by atoms with Crippen LogP contribution in [0.3, 0.4) is 0 Å².